The lowest BCUT2D eigenvalue weighted by Crippen LogP contribution is -2.51. The number of nitrogens with zero attached hydrogens (tertiary/aromatic N) is 1. The van der Waals surface area contributed by atoms with E-state index in [4.69, 9.17) is 9.47 Å². The van der Waals surface area contributed by atoms with Crippen molar-refractivity contribution in [1.29, 1.82) is 0 Å². The summed E-state index contributed by atoms with van der Waals surface area (Å²) in [4.78, 5) is 14.1. The second kappa shape index (κ2) is 7.61. The molecular formula is C17H26N2O3. The molecule has 1 aliphatic rings. The zero-order valence-electron chi connectivity index (χ0n) is 13.7. The van der Waals surface area contributed by atoms with Crippen molar-refractivity contribution in [3.8, 4) is 0 Å². The molecule has 1 aromatic rings. The van der Waals surface area contributed by atoms with Crippen LogP contribution in [0.3, 0.4) is 0 Å². The molecule has 0 saturated carbocycles. The van der Waals surface area contributed by atoms with Crippen LogP contribution in [0.15, 0.2) is 30.3 Å². The molecule has 0 aliphatic carbocycles. The molecule has 2 rings (SSSR count). The summed E-state index contributed by atoms with van der Waals surface area (Å²) in [5.41, 5.74) is 0.795. The van der Waals surface area contributed by atoms with Crippen LogP contribution in [0.4, 0.5) is 4.79 Å². The summed E-state index contributed by atoms with van der Waals surface area (Å²) in [7, 11) is 0. The van der Waals surface area contributed by atoms with Crippen molar-refractivity contribution in [2.24, 2.45) is 0 Å². The Bertz CT molecular complexity index is 471. The molecule has 5 heteroatoms. The van der Waals surface area contributed by atoms with Crippen LogP contribution < -0.4 is 5.32 Å². The van der Waals surface area contributed by atoms with Gasteiger partial charge in [-0.2, -0.15) is 0 Å². The maximum atomic E-state index is 11.8. The molecule has 1 fully saturated rings. The molecular weight excluding hydrogens is 280 g/mol. The predicted octanol–water partition coefficient (Wildman–Crippen LogP) is 2.41. The van der Waals surface area contributed by atoms with Crippen LogP contribution in [-0.4, -0.2) is 48.9 Å². The highest BCUT2D eigenvalue weighted by molar-refractivity contribution is 5.67. The minimum atomic E-state index is -0.475. The topological polar surface area (TPSA) is 50.8 Å². The number of hydrogen-bond donors (Lipinski definition) is 1. The van der Waals surface area contributed by atoms with E-state index in [2.05, 4.69) is 22.3 Å². The fourth-order valence-corrected chi connectivity index (χ4v) is 2.42. The Morgan fingerprint density at radius 1 is 1.36 bits per heavy atom. The van der Waals surface area contributed by atoms with Crippen molar-refractivity contribution in [1.82, 2.24) is 10.2 Å². The monoisotopic (exact) mass is 306 g/mol. The first kappa shape index (κ1) is 16.8. The van der Waals surface area contributed by atoms with Gasteiger partial charge in [-0.05, 0) is 26.3 Å². The lowest BCUT2D eigenvalue weighted by Gasteiger charge is -2.35. The first-order valence-electron chi connectivity index (χ1n) is 7.76. The maximum absolute atomic E-state index is 11.8. The normalized spacial score (nSPS) is 19.7. The molecule has 0 bridgehead atoms. The molecule has 0 spiro atoms. The molecule has 5 nitrogen and oxygen atoms in total. The van der Waals surface area contributed by atoms with E-state index < -0.39 is 5.60 Å². The minimum absolute atomic E-state index is 0.168. The molecule has 1 heterocycles. The van der Waals surface area contributed by atoms with Gasteiger partial charge in [0.1, 0.15) is 5.60 Å². The van der Waals surface area contributed by atoms with Crippen LogP contribution in [0.25, 0.3) is 0 Å². The van der Waals surface area contributed by atoms with Gasteiger partial charge in [0.25, 0.3) is 0 Å². The highest BCUT2D eigenvalue weighted by atomic mass is 16.6. The molecule has 22 heavy (non-hydrogen) atoms. The van der Waals surface area contributed by atoms with E-state index in [0.29, 0.717) is 13.2 Å². The van der Waals surface area contributed by atoms with Crippen molar-refractivity contribution in [3.63, 3.8) is 0 Å². The number of carbonyl (C=O) groups is 1. The fraction of sp³-hybridized carbons (Fsp3) is 0.588. The van der Waals surface area contributed by atoms with Gasteiger partial charge >= 0.3 is 6.09 Å². The Labute approximate surface area is 132 Å². The molecule has 1 aromatic carbocycles. The van der Waals surface area contributed by atoms with Crippen LogP contribution in [0.2, 0.25) is 0 Å². The molecule has 1 saturated heterocycles. The number of alkyl carbamates (subject to hydrolysis) is 1. The number of nitrogens with one attached hydrogen (secondary N) is 1. The van der Waals surface area contributed by atoms with Crippen LogP contribution in [-0.2, 0) is 16.0 Å². The van der Waals surface area contributed by atoms with Crippen molar-refractivity contribution in [2.45, 2.75) is 39.0 Å². The molecule has 0 radical (unpaired) electrons. The third kappa shape index (κ3) is 5.66. The maximum Gasteiger partial charge on any atom is 0.407 e. The lowest BCUT2D eigenvalue weighted by atomic mass is 10.1. The Morgan fingerprint density at radius 2 is 2.09 bits per heavy atom. The van der Waals surface area contributed by atoms with Crippen molar-refractivity contribution in [2.75, 3.05) is 26.3 Å². The number of amides is 1. The number of rotatable bonds is 4. The quantitative estimate of drug-likeness (QED) is 0.928. The third-order valence-electron chi connectivity index (χ3n) is 3.46. The molecule has 0 unspecified atom stereocenters. The Morgan fingerprint density at radius 3 is 2.77 bits per heavy atom. The Hall–Kier alpha value is -1.59. The van der Waals surface area contributed by atoms with E-state index in [1.165, 1.54) is 5.56 Å². The smallest absolute Gasteiger partial charge is 0.407 e. The SMILES string of the molecule is CC(C)(C)OC(=O)NC[C@@H]1COCCN1Cc1ccccc1. The molecule has 0 aromatic heterocycles. The summed E-state index contributed by atoms with van der Waals surface area (Å²) >= 11 is 0. The largest absolute Gasteiger partial charge is 0.444 e. The van der Waals surface area contributed by atoms with E-state index >= 15 is 0 Å². The summed E-state index contributed by atoms with van der Waals surface area (Å²) in [6.45, 7) is 9.20. The Kier molecular flexibility index (Phi) is 5.80. The lowest BCUT2D eigenvalue weighted by molar-refractivity contribution is -0.0125. The average Bonchev–Trinajstić information content (AvgIpc) is 2.46. The van der Waals surface area contributed by atoms with E-state index in [0.717, 1.165) is 19.7 Å². The summed E-state index contributed by atoms with van der Waals surface area (Å²) < 4.78 is 10.8. The van der Waals surface area contributed by atoms with Crippen molar-refractivity contribution in [3.05, 3.63) is 35.9 Å². The molecule has 122 valence electrons. The van der Waals surface area contributed by atoms with Crippen molar-refractivity contribution >= 4 is 6.09 Å². The van der Waals surface area contributed by atoms with Gasteiger partial charge in [0.05, 0.1) is 19.3 Å². The fourth-order valence-electron chi connectivity index (χ4n) is 2.42. The standard InChI is InChI=1S/C17H26N2O3/c1-17(2,3)22-16(20)18-11-15-13-21-10-9-19(15)12-14-7-5-4-6-8-14/h4-8,15H,9-13H2,1-3H3,(H,18,20)/t15-/m1/s1. The summed E-state index contributed by atoms with van der Waals surface area (Å²) in [5.74, 6) is 0. The van der Waals surface area contributed by atoms with E-state index in [1.807, 2.05) is 39.0 Å². The first-order valence-corrected chi connectivity index (χ1v) is 7.76. The van der Waals surface area contributed by atoms with Gasteiger partial charge < -0.3 is 14.8 Å². The van der Waals surface area contributed by atoms with Crippen LogP contribution in [0, 0.1) is 0 Å². The van der Waals surface area contributed by atoms with E-state index in [9.17, 15) is 4.79 Å². The van der Waals surface area contributed by atoms with Crippen molar-refractivity contribution < 1.29 is 14.3 Å². The van der Waals surface area contributed by atoms with Gasteiger partial charge in [0.2, 0.25) is 0 Å². The van der Waals surface area contributed by atoms with Crippen LogP contribution in [0.1, 0.15) is 26.3 Å². The number of benzene rings is 1. The van der Waals surface area contributed by atoms with Gasteiger partial charge in [-0.15, -0.1) is 0 Å². The molecule has 1 amide bonds. The second-order valence-electron chi connectivity index (χ2n) is 6.57. The van der Waals surface area contributed by atoms with Gasteiger partial charge in [0, 0.05) is 19.6 Å². The molecule has 1 atom stereocenters. The second-order valence-corrected chi connectivity index (χ2v) is 6.57. The highest BCUT2D eigenvalue weighted by Crippen LogP contribution is 2.12. The molecule has 1 N–H and O–H groups in total. The zero-order chi connectivity index (χ0) is 16.0. The number of hydrogen-bond acceptors (Lipinski definition) is 4. The molecule has 1 aliphatic heterocycles. The zero-order valence-corrected chi connectivity index (χ0v) is 13.7. The summed E-state index contributed by atoms with van der Waals surface area (Å²) in [6.07, 6.45) is -0.377. The van der Waals surface area contributed by atoms with E-state index in [-0.39, 0.29) is 12.1 Å². The summed E-state index contributed by atoms with van der Waals surface area (Å²) in [5, 5.41) is 2.84. The van der Waals surface area contributed by atoms with E-state index in [1.54, 1.807) is 0 Å². The van der Waals surface area contributed by atoms with Crippen LogP contribution >= 0.6 is 0 Å². The van der Waals surface area contributed by atoms with Gasteiger partial charge in [0.15, 0.2) is 0 Å². The number of carbonyl (C=O) groups excluding carboxylic acids is 1. The van der Waals surface area contributed by atoms with Gasteiger partial charge in [-0.3, -0.25) is 4.90 Å². The third-order valence-corrected chi connectivity index (χ3v) is 3.46. The predicted molar refractivity (Wildman–Crippen MR) is 85.7 cm³/mol. The van der Waals surface area contributed by atoms with Crippen LogP contribution in [0.5, 0.6) is 0 Å². The minimum Gasteiger partial charge on any atom is -0.444 e. The summed E-state index contributed by atoms with van der Waals surface area (Å²) in [6, 6.07) is 10.5. The number of ether oxygens (including phenoxy) is 2. The Balaban J connectivity index is 1.86. The highest BCUT2D eigenvalue weighted by Gasteiger charge is 2.24. The van der Waals surface area contributed by atoms with Gasteiger partial charge in [-0.25, -0.2) is 4.79 Å². The van der Waals surface area contributed by atoms with Gasteiger partial charge in [-0.1, -0.05) is 30.3 Å². The first-order chi connectivity index (χ1) is 10.4. The number of morpholine rings is 1. The average molecular weight is 306 g/mol.